The third-order valence-electron chi connectivity index (χ3n) is 6.56. The van der Waals surface area contributed by atoms with Gasteiger partial charge >= 0.3 is 0 Å². The van der Waals surface area contributed by atoms with E-state index in [1.54, 1.807) is 0 Å². The van der Waals surface area contributed by atoms with E-state index < -0.39 is 0 Å². The van der Waals surface area contributed by atoms with E-state index in [1.807, 2.05) is 24.4 Å². The summed E-state index contributed by atoms with van der Waals surface area (Å²) in [5, 5.41) is 4.49. The Morgan fingerprint density at radius 2 is 1.94 bits per heavy atom. The summed E-state index contributed by atoms with van der Waals surface area (Å²) in [5.74, 6) is 1.83. The van der Waals surface area contributed by atoms with Gasteiger partial charge in [-0.1, -0.05) is 60.5 Å². The molecule has 0 radical (unpaired) electrons. The molecule has 1 aliphatic heterocycles. The SMILES string of the molecule is CCCOc1ccc(Cl)cc1C=Nc1ccc([C@@H]2Nc3ccc(C)cc3[C@@H]3C=CC[C@H]32)cc1. The second-order valence-corrected chi connectivity index (χ2v) is 9.38. The van der Waals surface area contributed by atoms with Crippen LogP contribution in [0.2, 0.25) is 5.02 Å². The van der Waals surface area contributed by atoms with Crippen molar-refractivity contribution in [3.05, 3.63) is 100 Å². The molecule has 2 aliphatic rings. The summed E-state index contributed by atoms with van der Waals surface area (Å²) in [5.41, 5.74) is 7.09. The lowest BCUT2D eigenvalue weighted by atomic mass is 9.76. The number of anilines is 1. The van der Waals surface area contributed by atoms with Crippen molar-refractivity contribution in [2.45, 2.75) is 38.6 Å². The van der Waals surface area contributed by atoms with Gasteiger partial charge in [0.05, 0.1) is 18.3 Å². The molecule has 3 nitrogen and oxygen atoms in total. The summed E-state index contributed by atoms with van der Waals surface area (Å²) in [6.45, 7) is 4.93. The van der Waals surface area contributed by atoms with Crippen LogP contribution in [0.1, 0.15) is 54.0 Å². The molecule has 0 spiro atoms. The summed E-state index contributed by atoms with van der Waals surface area (Å²) < 4.78 is 5.84. The van der Waals surface area contributed by atoms with Crippen LogP contribution < -0.4 is 10.1 Å². The van der Waals surface area contributed by atoms with E-state index in [2.05, 4.69) is 78.8 Å². The van der Waals surface area contributed by atoms with Crippen LogP contribution in [0, 0.1) is 12.8 Å². The quantitative estimate of drug-likeness (QED) is 0.301. The number of halogens is 1. The van der Waals surface area contributed by atoms with Crippen molar-refractivity contribution in [3.8, 4) is 5.75 Å². The minimum absolute atomic E-state index is 0.292. The fraction of sp³-hybridized carbons (Fsp3) is 0.276. The predicted molar refractivity (Wildman–Crippen MR) is 138 cm³/mol. The Bertz CT molecular complexity index is 1200. The number of benzene rings is 3. The molecule has 0 saturated carbocycles. The van der Waals surface area contributed by atoms with Gasteiger partial charge in [0, 0.05) is 28.4 Å². The second kappa shape index (κ2) is 9.44. The number of hydrogen-bond acceptors (Lipinski definition) is 3. The van der Waals surface area contributed by atoms with E-state index in [-0.39, 0.29) is 0 Å². The van der Waals surface area contributed by atoms with Crippen molar-refractivity contribution in [2.24, 2.45) is 10.9 Å². The molecule has 5 rings (SSSR count). The van der Waals surface area contributed by atoms with Crippen LogP contribution in [-0.2, 0) is 0 Å². The highest BCUT2D eigenvalue weighted by Crippen LogP contribution is 2.50. The van der Waals surface area contributed by atoms with Gasteiger partial charge in [-0.15, -0.1) is 0 Å². The molecule has 0 bridgehead atoms. The number of ether oxygens (including phenoxy) is 1. The van der Waals surface area contributed by atoms with Crippen molar-refractivity contribution < 1.29 is 4.74 Å². The molecule has 1 heterocycles. The van der Waals surface area contributed by atoms with Crippen LogP contribution in [0.25, 0.3) is 0 Å². The molecule has 33 heavy (non-hydrogen) atoms. The molecule has 0 amide bonds. The molecule has 0 fully saturated rings. The molecular weight excluding hydrogens is 428 g/mol. The number of aliphatic imine (C=N–C) groups is 1. The first-order valence-electron chi connectivity index (χ1n) is 11.7. The Morgan fingerprint density at radius 1 is 1.09 bits per heavy atom. The van der Waals surface area contributed by atoms with Crippen molar-refractivity contribution in [1.82, 2.24) is 0 Å². The molecule has 0 unspecified atom stereocenters. The van der Waals surface area contributed by atoms with E-state index in [4.69, 9.17) is 16.3 Å². The highest BCUT2D eigenvalue weighted by molar-refractivity contribution is 6.30. The summed E-state index contributed by atoms with van der Waals surface area (Å²) in [7, 11) is 0. The molecule has 0 aromatic heterocycles. The Hall–Kier alpha value is -3.04. The predicted octanol–water partition coefficient (Wildman–Crippen LogP) is 8.01. The molecule has 3 aromatic rings. The molecule has 3 atom stereocenters. The standard InChI is InChI=1S/C29H29ClN2O/c1-3-15-33-28-14-10-22(30)17-21(28)18-31-23-11-8-20(9-12-23)29-25-6-4-5-24(25)26-16-19(2)7-13-27(26)32-29/h4-5,7-14,16-18,24-25,29,32H,3,6,15H2,1-2H3/t24-,25-,29+/m1/s1. The zero-order valence-electron chi connectivity index (χ0n) is 19.1. The number of nitrogens with zero attached hydrogens (tertiary/aromatic N) is 1. The van der Waals surface area contributed by atoms with Crippen molar-refractivity contribution in [2.75, 3.05) is 11.9 Å². The average molecular weight is 457 g/mol. The van der Waals surface area contributed by atoms with Crippen LogP contribution in [0.4, 0.5) is 11.4 Å². The molecule has 0 saturated heterocycles. The Labute approximate surface area is 201 Å². The summed E-state index contributed by atoms with van der Waals surface area (Å²) in [6, 6.07) is 21.3. The van der Waals surface area contributed by atoms with Crippen LogP contribution >= 0.6 is 11.6 Å². The zero-order valence-corrected chi connectivity index (χ0v) is 19.8. The summed E-state index contributed by atoms with van der Waals surface area (Å²) in [6.07, 6.45) is 8.62. The molecule has 1 aliphatic carbocycles. The maximum atomic E-state index is 6.20. The largest absolute Gasteiger partial charge is 0.493 e. The van der Waals surface area contributed by atoms with Gasteiger partial charge < -0.3 is 10.1 Å². The van der Waals surface area contributed by atoms with Gasteiger partial charge in [-0.2, -0.15) is 0 Å². The van der Waals surface area contributed by atoms with Crippen molar-refractivity contribution in [3.63, 3.8) is 0 Å². The lowest BCUT2D eigenvalue weighted by Gasteiger charge is -2.37. The third kappa shape index (κ3) is 4.56. The number of fused-ring (bicyclic) bond motifs is 3. The van der Waals surface area contributed by atoms with Gasteiger partial charge in [0.25, 0.3) is 0 Å². The molecular formula is C29H29ClN2O. The first-order chi connectivity index (χ1) is 16.1. The molecule has 4 heteroatoms. The normalized spacial score (nSPS) is 21.0. The Balaban J connectivity index is 1.36. The van der Waals surface area contributed by atoms with E-state index in [0.29, 0.717) is 29.5 Å². The fourth-order valence-corrected chi connectivity index (χ4v) is 5.10. The van der Waals surface area contributed by atoms with Crippen LogP contribution in [0.3, 0.4) is 0 Å². The van der Waals surface area contributed by atoms with Gasteiger partial charge in [0.15, 0.2) is 0 Å². The Kier molecular flexibility index (Phi) is 6.24. The van der Waals surface area contributed by atoms with Crippen LogP contribution in [-0.4, -0.2) is 12.8 Å². The van der Waals surface area contributed by atoms with Crippen LogP contribution in [0.5, 0.6) is 5.75 Å². The lowest BCUT2D eigenvalue weighted by molar-refractivity contribution is 0.317. The average Bonchev–Trinajstić information content (AvgIpc) is 3.32. The van der Waals surface area contributed by atoms with Gasteiger partial charge in [0.2, 0.25) is 0 Å². The molecule has 3 aromatic carbocycles. The minimum atomic E-state index is 0.292. The molecule has 1 N–H and O–H groups in total. The van der Waals surface area contributed by atoms with E-state index >= 15 is 0 Å². The highest BCUT2D eigenvalue weighted by Gasteiger charge is 2.37. The van der Waals surface area contributed by atoms with Crippen molar-refractivity contribution >= 4 is 29.2 Å². The zero-order chi connectivity index (χ0) is 22.8. The van der Waals surface area contributed by atoms with Gasteiger partial charge in [0.1, 0.15) is 5.75 Å². The number of hydrogen-bond donors (Lipinski definition) is 1. The van der Waals surface area contributed by atoms with E-state index in [9.17, 15) is 0 Å². The third-order valence-corrected chi connectivity index (χ3v) is 6.79. The second-order valence-electron chi connectivity index (χ2n) is 8.95. The lowest BCUT2D eigenvalue weighted by Crippen LogP contribution is -2.29. The number of aryl methyl sites for hydroxylation is 1. The smallest absolute Gasteiger partial charge is 0.128 e. The first-order valence-corrected chi connectivity index (χ1v) is 12.1. The van der Waals surface area contributed by atoms with E-state index in [1.165, 1.54) is 22.4 Å². The van der Waals surface area contributed by atoms with Crippen molar-refractivity contribution in [1.29, 1.82) is 0 Å². The maximum Gasteiger partial charge on any atom is 0.128 e. The minimum Gasteiger partial charge on any atom is -0.493 e. The van der Waals surface area contributed by atoms with Gasteiger partial charge in [-0.3, -0.25) is 4.99 Å². The number of nitrogens with one attached hydrogen (secondary N) is 1. The monoisotopic (exact) mass is 456 g/mol. The highest BCUT2D eigenvalue weighted by atomic mass is 35.5. The van der Waals surface area contributed by atoms with Gasteiger partial charge in [-0.05, 0) is 73.2 Å². The number of allylic oxidation sites excluding steroid dienone is 2. The Morgan fingerprint density at radius 3 is 2.76 bits per heavy atom. The maximum absolute atomic E-state index is 6.20. The van der Waals surface area contributed by atoms with Gasteiger partial charge in [-0.25, -0.2) is 0 Å². The van der Waals surface area contributed by atoms with Crippen LogP contribution in [0.15, 0.2) is 77.8 Å². The summed E-state index contributed by atoms with van der Waals surface area (Å²) >= 11 is 6.20. The van der Waals surface area contributed by atoms with E-state index in [0.717, 1.165) is 29.8 Å². The number of rotatable bonds is 6. The topological polar surface area (TPSA) is 33.6 Å². The summed E-state index contributed by atoms with van der Waals surface area (Å²) in [4.78, 5) is 4.69. The molecule has 168 valence electrons. The first kappa shape index (κ1) is 21.8. The fourth-order valence-electron chi connectivity index (χ4n) is 4.92.